The number of para-hydroxylation sites is 1. The Labute approximate surface area is 187 Å². The van der Waals surface area contributed by atoms with Crippen molar-refractivity contribution in [2.75, 3.05) is 21.0 Å². The van der Waals surface area contributed by atoms with Gasteiger partial charge in [-0.15, -0.1) is 0 Å². The molecule has 1 amide bonds. The maximum Gasteiger partial charge on any atom is 0.262 e. The summed E-state index contributed by atoms with van der Waals surface area (Å²) >= 11 is 0. The third-order valence-corrected chi connectivity index (χ3v) is 6.59. The van der Waals surface area contributed by atoms with Gasteiger partial charge in [0, 0.05) is 11.4 Å². The molecule has 0 fully saturated rings. The first-order valence-corrected chi connectivity index (χ1v) is 12.9. The molecule has 0 unspecified atom stereocenters. The van der Waals surface area contributed by atoms with E-state index in [-0.39, 0.29) is 21.8 Å². The van der Waals surface area contributed by atoms with E-state index in [9.17, 15) is 21.6 Å². The van der Waals surface area contributed by atoms with Crippen molar-refractivity contribution >= 4 is 43.0 Å². The number of carbonyl (C=O) groups excluding carboxylic acids is 1. The third-order valence-electron chi connectivity index (χ3n) is 4.47. The number of benzene rings is 3. The number of amides is 1. The molecule has 0 atom stereocenters. The van der Waals surface area contributed by atoms with Gasteiger partial charge >= 0.3 is 0 Å². The van der Waals surface area contributed by atoms with E-state index in [0.29, 0.717) is 11.3 Å². The fourth-order valence-corrected chi connectivity index (χ4v) is 4.95. The van der Waals surface area contributed by atoms with Gasteiger partial charge in [0.25, 0.3) is 15.9 Å². The van der Waals surface area contributed by atoms with Gasteiger partial charge in [0.1, 0.15) is 0 Å². The second-order valence-electron chi connectivity index (χ2n) is 7.33. The fourth-order valence-electron chi connectivity index (χ4n) is 3.05. The molecule has 0 aliphatic rings. The van der Waals surface area contributed by atoms with Crippen LogP contribution in [0.1, 0.15) is 21.5 Å². The van der Waals surface area contributed by atoms with Crippen molar-refractivity contribution in [3.8, 4) is 0 Å². The van der Waals surface area contributed by atoms with Crippen LogP contribution in [0.3, 0.4) is 0 Å². The Morgan fingerprint density at radius 1 is 0.781 bits per heavy atom. The minimum Gasteiger partial charge on any atom is -0.322 e. The van der Waals surface area contributed by atoms with Gasteiger partial charge in [-0.2, -0.15) is 0 Å². The number of aryl methyl sites for hydroxylation is 2. The average molecular weight is 474 g/mol. The Morgan fingerprint density at radius 2 is 1.50 bits per heavy atom. The lowest BCUT2D eigenvalue weighted by atomic mass is 10.1. The molecule has 3 rings (SSSR count). The van der Waals surface area contributed by atoms with Gasteiger partial charge in [-0.1, -0.05) is 30.3 Å². The third kappa shape index (κ3) is 5.86. The van der Waals surface area contributed by atoms with Crippen LogP contribution in [0.2, 0.25) is 0 Å². The molecule has 8 nitrogen and oxygen atoms in total. The molecule has 10 heteroatoms. The van der Waals surface area contributed by atoms with Gasteiger partial charge in [0.05, 0.1) is 22.4 Å². The zero-order chi connectivity index (χ0) is 23.5. The van der Waals surface area contributed by atoms with E-state index in [1.54, 1.807) is 49.4 Å². The molecule has 0 aliphatic carbocycles. The lowest BCUT2D eigenvalue weighted by Crippen LogP contribution is -2.18. The van der Waals surface area contributed by atoms with Crippen LogP contribution in [0.25, 0.3) is 0 Å². The molecule has 0 bridgehead atoms. The summed E-state index contributed by atoms with van der Waals surface area (Å²) in [5, 5.41) is 2.63. The number of nitrogens with one attached hydrogen (secondary N) is 3. The average Bonchev–Trinajstić information content (AvgIpc) is 2.68. The number of hydrogen-bond acceptors (Lipinski definition) is 5. The molecular weight excluding hydrogens is 450 g/mol. The summed E-state index contributed by atoms with van der Waals surface area (Å²) in [6, 6.07) is 17.6. The Kier molecular flexibility index (Phi) is 6.56. The van der Waals surface area contributed by atoms with Crippen molar-refractivity contribution in [2.45, 2.75) is 18.7 Å². The highest BCUT2D eigenvalue weighted by Crippen LogP contribution is 2.25. The second-order valence-corrected chi connectivity index (χ2v) is 10.7. The summed E-state index contributed by atoms with van der Waals surface area (Å²) in [6.45, 7) is 3.51. The van der Waals surface area contributed by atoms with Crippen LogP contribution in [0, 0.1) is 13.8 Å². The highest BCUT2D eigenvalue weighted by atomic mass is 32.2. The molecule has 0 saturated heterocycles. The van der Waals surface area contributed by atoms with E-state index in [1.807, 2.05) is 13.0 Å². The minimum atomic E-state index is -3.91. The topological polar surface area (TPSA) is 121 Å². The normalized spacial score (nSPS) is 11.6. The maximum atomic E-state index is 13.0. The number of rotatable bonds is 7. The fraction of sp³-hybridized carbons (Fsp3) is 0.136. The van der Waals surface area contributed by atoms with Gasteiger partial charge in [-0.3, -0.25) is 14.2 Å². The molecule has 0 radical (unpaired) electrons. The highest BCUT2D eigenvalue weighted by molar-refractivity contribution is 7.92. The highest BCUT2D eigenvalue weighted by Gasteiger charge is 2.19. The van der Waals surface area contributed by atoms with Crippen molar-refractivity contribution in [3.63, 3.8) is 0 Å². The quantitative estimate of drug-likeness (QED) is 0.483. The van der Waals surface area contributed by atoms with Crippen LogP contribution >= 0.6 is 0 Å². The summed E-state index contributed by atoms with van der Waals surface area (Å²) < 4.78 is 53.9. The molecule has 0 aliphatic heterocycles. The largest absolute Gasteiger partial charge is 0.322 e. The monoisotopic (exact) mass is 473 g/mol. The zero-order valence-electron chi connectivity index (χ0n) is 17.7. The second kappa shape index (κ2) is 9.01. The molecule has 3 aromatic rings. The summed E-state index contributed by atoms with van der Waals surface area (Å²) in [5.74, 6) is -0.587. The number of carbonyl (C=O) groups is 1. The summed E-state index contributed by atoms with van der Waals surface area (Å²) in [6.07, 6.45) is 0.986. The Hall–Kier alpha value is -3.37. The number of hydrogen-bond donors (Lipinski definition) is 3. The molecule has 0 aromatic heterocycles. The van der Waals surface area contributed by atoms with Crippen LogP contribution in [-0.4, -0.2) is 29.0 Å². The Balaban J connectivity index is 1.89. The molecule has 32 heavy (non-hydrogen) atoms. The van der Waals surface area contributed by atoms with Crippen molar-refractivity contribution in [1.29, 1.82) is 0 Å². The standard InChI is InChI=1S/C22H23N3O5S2/c1-15-7-6-8-18(13-15)24-32(29,30)21-14-17(12-11-16(21)2)23-22(26)19-9-4-5-10-20(19)25-31(3,27)28/h4-14,24-25H,1-3H3,(H,23,26). The van der Waals surface area contributed by atoms with E-state index in [2.05, 4.69) is 14.8 Å². The van der Waals surface area contributed by atoms with Crippen LogP contribution in [0.15, 0.2) is 71.6 Å². The lowest BCUT2D eigenvalue weighted by molar-refractivity contribution is 0.102. The molecule has 0 heterocycles. The van der Waals surface area contributed by atoms with Crippen LogP contribution in [0.4, 0.5) is 17.1 Å². The predicted molar refractivity (Wildman–Crippen MR) is 126 cm³/mol. The molecule has 0 saturated carbocycles. The van der Waals surface area contributed by atoms with E-state index < -0.39 is 26.0 Å². The van der Waals surface area contributed by atoms with Crippen molar-refractivity contribution in [2.24, 2.45) is 0 Å². The molecule has 0 spiro atoms. The number of anilines is 3. The smallest absolute Gasteiger partial charge is 0.262 e. The van der Waals surface area contributed by atoms with Crippen LogP contribution < -0.4 is 14.8 Å². The van der Waals surface area contributed by atoms with Crippen molar-refractivity contribution in [3.05, 3.63) is 83.4 Å². The summed E-state index contributed by atoms with van der Waals surface area (Å²) in [5.41, 5.74) is 2.31. The van der Waals surface area contributed by atoms with E-state index in [0.717, 1.165) is 11.8 Å². The summed E-state index contributed by atoms with van der Waals surface area (Å²) in [4.78, 5) is 12.8. The van der Waals surface area contributed by atoms with Crippen molar-refractivity contribution < 1.29 is 21.6 Å². The first-order valence-electron chi connectivity index (χ1n) is 9.53. The first kappa shape index (κ1) is 23.3. The van der Waals surface area contributed by atoms with Gasteiger partial charge in [0.2, 0.25) is 10.0 Å². The van der Waals surface area contributed by atoms with Gasteiger partial charge in [-0.05, 0) is 61.4 Å². The maximum absolute atomic E-state index is 13.0. The predicted octanol–water partition coefficient (Wildman–Crippen LogP) is 3.73. The van der Waals surface area contributed by atoms with Crippen LogP contribution in [-0.2, 0) is 20.0 Å². The summed E-state index contributed by atoms with van der Waals surface area (Å²) in [7, 11) is -7.50. The first-order chi connectivity index (χ1) is 14.9. The van der Waals surface area contributed by atoms with E-state index in [1.165, 1.54) is 18.2 Å². The van der Waals surface area contributed by atoms with Gasteiger partial charge in [0.15, 0.2) is 0 Å². The lowest BCUT2D eigenvalue weighted by Gasteiger charge is -2.14. The van der Waals surface area contributed by atoms with Crippen LogP contribution in [0.5, 0.6) is 0 Å². The zero-order valence-corrected chi connectivity index (χ0v) is 19.3. The molecule has 168 valence electrons. The molecular formula is C22H23N3O5S2. The Bertz CT molecular complexity index is 1380. The SMILES string of the molecule is Cc1cccc(NS(=O)(=O)c2cc(NC(=O)c3ccccc3NS(C)(=O)=O)ccc2C)c1. The van der Waals surface area contributed by atoms with Gasteiger partial charge in [-0.25, -0.2) is 16.8 Å². The molecule has 3 N–H and O–H groups in total. The van der Waals surface area contributed by atoms with E-state index >= 15 is 0 Å². The number of sulfonamides is 2. The Morgan fingerprint density at radius 3 is 2.19 bits per heavy atom. The van der Waals surface area contributed by atoms with E-state index in [4.69, 9.17) is 0 Å². The van der Waals surface area contributed by atoms with Crippen molar-refractivity contribution in [1.82, 2.24) is 0 Å². The van der Waals surface area contributed by atoms with Gasteiger partial charge < -0.3 is 5.32 Å². The molecule has 3 aromatic carbocycles. The minimum absolute atomic E-state index is 0.0133.